The van der Waals surface area contributed by atoms with E-state index in [4.69, 9.17) is 0 Å². The maximum absolute atomic E-state index is 12.4. The summed E-state index contributed by atoms with van der Waals surface area (Å²) in [4.78, 5) is 0. The summed E-state index contributed by atoms with van der Waals surface area (Å²) >= 11 is 3.39. The summed E-state index contributed by atoms with van der Waals surface area (Å²) in [7, 11) is 0. The lowest BCUT2D eigenvalue weighted by Gasteiger charge is -2.06. The van der Waals surface area contributed by atoms with Gasteiger partial charge in [-0.3, -0.25) is 0 Å². The maximum Gasteiger partial charge on any atom is 0.263 e. The van der Waals surface area contributed by atoms with Gasteiger partial charge in [-0.1, -0.05) is 52.3 Å². The molecule has 0 aliphatic carbocycles. The van der Waals surface area contributed by atoms with Crippen LogP contribution in [0.2, 0.25) is 0 Å². The topological polar surface area (TPSA) is 12.0 Å². The predicted octanol–water partition coefficient (Wildman–Crippen LogP) is 4.68. The number of hydrogen-bond acceptors (Lipinski definition) is 1. The first-order chi connectivity index (χ1) is 9.15. The second-order valence-corrected chi connectivity index (χ2v) is 5.19. The first-order valence-electron chi connectivity index (χ1n) is 5.97. The Morgan fingerprint density at radius 2 is 1.32 bits per heavy atom. The molecule has 0 atom stereocenters. The van der Waals surface area contributed by atoms with Gasteiger partial charge < -0.3 is 5.32 Å². The Morgan fingerprint density at radius 1 is 0.842 bits per heavy atom. The van der Waals surface area contributed by atoms with Crippen molar-refractivity contribution >= 4 is 15.9 Å². The lowest BCUT2D eigenvalue weighted by Crippen LogP contribution is -2.12. The van der Waals surface area contributed by atoms with Crippen LogP contribution < -0.4 is 5.32 Å². The highest BCUT2D eigenvalue weighted by Crippen LogP contribution is 2.18. The van der Waals surface area contributed by atoms with E-state index in [2.05, 4.69) is 21.2 Å². The highest BCUT2D eigenvalue weighted by molar-refractivity contribution is 9.10. The van der Waals surface area contributed by atoms with Gasteiger partial charge >= 0.3 is 0 Å². The molecule has 0 fully saturated rings. The van der Waals surface area contributed by atoms with Crippen LogP contribution >= 0.6 is 15.9 Å². The summed E-state index contributed by atoms with van der Waals surface area (Å²) < 4.78 is 25.8. The Hall–Kier alpha value is -1.26. The molecule has 0 spiro atoms. The SMILES string of the molecule is FC(F)c1ccc(CNCc2ccc(Br)cc2)cc1. The van der Waals surface area contributed by atoms with Crippen molar-refractivity contribution in [2.24, 2.45) is 0 Å². The van der Waals surface area contributed by atoms with Crippen LogP contribution in [0.1, 0.15) is 23.1 Å². The van der Waals surface area contributed by atoms with Gasteiger partial charge in [0.2, 0.25) is 0 Å². The third kappa shape index (κ3) is 4.40. The minimum atomic E-state index is -2.40. The molecule has 2 aromatic rings. The van der Waals surface area contributed by atoms with Crippen LogP contribution in [0.3, 0.4) is 0 Å². The molecule has 1 N–H and O–H groups in total. The monoisotopic (exact) mass is 325 g/mol. The molecule has 2 rings (SSSR count). The summed E-state index contributed by atoms with van der Waals surface area (Å²) in [5.74, 6) is 0. The fourth-order valence-electron chi connectivity index (χ4n) is 1.73. The van der Waals surface area contributed by atoms with Gasteiger partial charge in [0.1, 0.15) is 0 Å². The number of hydrogen-bond donors (Lipinski definition) is 1. The van der Waals surface area contributed by atoms with E-state index >= 15 is 0 Å². The molecule has 0 unspecified atom stereocenters. The van der Waals surface area contributed by atoms with Crippen LogP contribution in [-0.2, 0) is 13.1 Å². The van der Waals surface area contributed by atoms with Crippen molar-refractivity contribution in [3.8, 4) is 0 Å². The van der Waals surface area contributed by atoms with Crippen molar-refractivity contribution in [3.63, 3.8) is 0 Å². The molecule has 2 aromatic carbocycles. The molecule has 0 amide bonds. The van der Waals surface area contributed by atoms with Gasteiger partial charge in [0, 0.05) is 23.1 Å². The molecule has 100 valence electrons. The summed E-state index contributed by atoms with van der Waals surface area (Å²) in [5, 5.41) is 3.28. The van der Waals surface area contributed by atoms with E-state index in [1.165, 1.54) is 17.7 Å². The highest BCUT2D eigenvalue weighted by Gasteiger charge is 2.05. The van der Waals surface area contributed by atoms with Crippen LogP contribution in [-0.4, -0.2) is 0 Å². The number of halogens is 3. The van der Waals surface area contributed by atoms with Gasteiger partial charge in [-0.2, -0.15) is 0 Å². The fraction of sp³-hybridized carbons (Fsp3) is 0.200. The molecule has 0 bridgehead atoms. The van der Waals surface area contributed by atoms with E-state index in [9.17, 15) is 8.78 Å². The number of benzene rings is 2. The van der Waals surface area contributed by atoms with Crippen LogP contribution in [0.15, 0.2) is 53.0 Å². The first kappa shape index (κ1) is 14.2. The molecule has 4 heteroatoms. The Labute approximate surface area is 119 Å². The summed E-state index contributed by atoms with van der Waals surface area (Å²) in [5.41, 5.74) is 2.26. The third-order valence-corrected chi connectivity index (χ3v) is 3.33. The van der Waals surface area contributed by atoms with Crippen molar-refractivity contribution in [1.82, 2.24) is 5.32 Å². The molecule has 0 aliphatic rings. The highest BCUT2D eigenvalue weighted by atomic mass is 79.9. The molecule has 0 aromatic heterocycles. The van der Waals surface area contributed by atoms with Gasteiger partial charge in [-0.05, 0) is 23.3 Å². The fourth-order valence-corrected chi connectivity index (χ4v) is 2.00. The standard InChI is InChI=1S/C15H14BrF2N/c16-14-7-3-12(4-8-14)10-19-9-11-1-5-13(6-2-11)15(17)18/h1-8,15,19H,9-10H2. The first-order valence-corrected chi connectivity index (χ1v) is 6.76. The molecule has 0 saturated heterocycles. The lowest BCUT2D eigenvalue weighted by molar-refractivity contribution is 0.151. The van der Waals surface area contributed by atoms with Crippen LogP contribution in [0, 0.1) is 0 Å². The second kappa shape index (κ2) is 6.78. The Balaban J connectivity index is 1.83. The summed E-state index contributed by atoms with van der Waals surface area (Å²) in [6, 6.07) is 14.5. The van der Waals surface area contributed by atoms with Gasteiger partial charge in [0.15, 0.2) is 0 Å². The van der Waals surface area contributed by atoms with Gasteiger partial charge in [-0.15, -0.1) is 0 Å². The second-order valence-electron chi connectivity index (χ2n) is 4.27. The van der Waals surface area contributed by atoms with Crippen LogP contribution in [0.25, 0.3) is 0 Å². The van der Waals surface area contributed by atoms with Crippen molar-refractivity contribution < 1.29 is 8.78 Å². The molecule has 0 saturated carbocycles. The number of alkyl halides is 2. The average Bonchev–Trinajstić information content (AvgIpc) is 2.41. The minimum absolute atomic E-state index is 0.0664. The zero-order chi connectivity index (χ0) is 13.7. The summed E-state index contributed by atoms with van der Waals surface area (Å²) in [6.45, 7) is 1.42. The van der Waals surface area contributed by atoms with E-state index in [1.807, 2.05) is 24.3 Å². The molecule has 1 nitrogen and oxygen atoms in total. The molecule has 0 radical (unpaired) electrons. The van der Waals surface area contributed by atoms with Gasteiger partial charge in [0.25, 0.3) is 6.43 Å². The van der Waals surface area contributed by atoms with Gasteiger partial charge in [0.05, 0.1) is 0 Å². The Morgan fingerprint density at radius 3 is 1.79 bits per heavy atom. The van der Waals surface area contributed by atoms with E-state index < -0.39 is 6.43 Å². The Kier molecular flexibility index (Phi) is 5.05. The quantitative estimate of drug-likeness (QED) is 0.841. The largest absolute Gasteiger partial charge is 0.309 e. The zero-order valence-corrected chi connectivity index (χ0v) is 11.8. The van der Waals surface area contributed by atoms with Crippen molar-refractivity contribution in [2.45, 2.75) is 19.5 Å². The van der Waals surface area contributed by atoms with Crippen LogP contribution in [0.4, 0.5) is 8.78 Å². The van der Waals surface area contributed by atoms with Gasteiger partial charge in [-0.25, -0.2) is 8.78 Å². The third-order valence-electron chi connectivity index (χ3n) is 2.80. The molecule has 19 heavy (non-hydrogen) atoms. The minimum Gasteiger partial charge on any atom is -0.309 e. The lowest BCUT2D eigenvalue weighted by atomic mass is 10.1. The van der Waals surface area contributed by atoms with E-state index in [-0.39, 0.29) is 5.56 Å². The average molecular weight is 326 g/mol. The molecule has 0 heterocycles. The van der Waals surface area contributed by atoms with Crippen LogP contribution in [0.5, 0.6) is 0 Å². The molecular weight excluding hydrogens is 312 g/mol. The predicted molar refractivity (Wildman–Crippen MR) is 76.1 cm³/mol. The van der Waals surface area contributed by atoms with E-state index in [0.29, 0.717) is 6.54 Å². The maximum atomic E-state index is 12.4. The zero-order valence-electron chi connectivity index (χ0n) is 10.2. The number of rotatable bonds is 5. The molecule has 0 aliphatic heterocycles. The normalized spacial score (nSPS) is 10.9. The number of nitrogens with one attached hydrogen (secondary N) is 1. The summed E-state index contributed by atoms with van der Waals surface area (Å²) in [6.07, 6.45) is -2.40. The van der Waals surface area contributed by atoms with Crippen molar-refractivity contribution in [1.29, 1.82) is 0 Å². The van der Waals surface area contributed by atoms with E-state index in [1.54, 1.807) is 12.1 Å². The van der Waals surface area contributed by atoms with Crippen molar-refractivity contribution in [2.75, 3.05) is 0 Å². The van der Waals surface area contributed by atoms with Crippen molar-refractivity contribution in [3.05, 3.63) is 69.7 Å². The molecular formula is C15H14BrF2N. The smallest absolute Gasteiger partial charge is 0.263 e. The van der Waals surface area contributed by atoms with E-state index in [0.717, 1.165) is 16.6 Å². The Bertz CT molecular complexity index is 509.